The van der Waals surface area contributed by atoms with Crippen LogP contribution < -0.4 is 5.32 Å². The van der Waals surface area contributed by atoms with Gasteiger partial charge in [-0.2, -0.15) is 4.98 Å². The summed E-state index contributed by atoms with van der Waals surface area (Å²) in [7, 11) is 0. The predicted molar refractivity (Wildman–Crippen MR) is 122 cm³/mol. The van der Waals surface area contributed by atoms with Crippen LogP contribution >= 0.6 is 11.8 Å². The van der Waals surface area contributed by atoms with Crippen LogP contribution in [0.2, 0.25) is 0 Å². The smallest absolute Gasteiger partial charge is 0.253 e. The molecule has 0 radical (unpaired) electrons. The molecule has 4 heterocycles. The summed E-state index contributed by atoms with van der Waals surface area (Å²) < 4.78 is 13.1. The van der Waals surface area contributed by atoms with Gasteiger partial charge < -0.3 is 14.5 Å². The highest BCUT2D eigenvalue weighted by Crippen LogP contribution is 2.23. The Hall–Kier alpha value is -2.43. The van der Waals surface area contributed by atoms with Gasteiger partial charge in [0.15, 0.2) is 0 Å². The molecule has 9 nitrogen and oxygen atoms in total. The van der Waals surface area contributed by atoms with Crippen LogP contribution in [0.1, 0.15) is 40.9 Å². The van der Waals surface area contributed by atoms with E-state index in [0.717, 1.165) is 41.6 Å². The molecule has 1 N–H and O–H groups in total. The summed E-state index contributed by atoms with van der Waals surface area (Å²) in [6.45, 7) is 9.42. The first kappa shape index (κ1) is 22.8. The van der Waals surface area contributed by atoms with Crippen LogP contribution in [0.3, 0.4) is 0 Å². The lowest BCUT2D eigenvalue weighted by molar-refractivity contribution is -0.121. The minimum absolute atomic E-state index is 0.00171. The molecule has 1 amide bonds. The predicted octanol–water partition coefficient (Wildman–Crippen LogP) is 2.49. The van der Waals surface area contributed by atoms with Crippen molar-refractivity contribution in [3.8, 4) is 0 Å². The molecule has 1 fully saturated rings. The SMILES string of the molecule is CSc1nc2nc(C)c(CCC(=O)NCC(c3ccc(C)o3)N3CCOCC3)c(C)n2n1. The molecule has 1 aliphatic heterocycles. The van der Waals surface area contributed by atoms with Crippen molar-refractivity contribution in [1.82, 2.24) is 29.8 Å². The Morgan fingerprint density at radius 1 is 1.22 bits per heavy atom. The molecule has 1 unspecified atom stereocenters. The summed E-state index contributed by atoms with van der Waals surface area (Å²) in [6.07, 6.45) is 2.92. The molecule has 0 saturated carbocycles. The largest absolute Gasteiger partial charge is 0.465 e. The molecule has 172 valence electrons. The first-order chi connectivity index (χ1) is 15.5. The fraction of sp³-hybridized carbons (Fsp3) is 0.545. The number of furan rings is 1. The third-order valence-corrected chi connectivity index (χ3v) is 6.42. The zero-order chi connectivity index (χ0) is 22.7. The van der Waals surface area contributed by atoms with Gasteiger partial charge in [0.1, 0.15) is 11.5 Å². The third-order valence-electron chi connectivity index (χ3n) is 5.88. The first-order valence-corrected chi connectivity index (χ1v) is 12.1. The van der Waals surface area contributed by atoms with Gasteiger partial charge in [-0.3, -0.25) is 9.69 Å². The summed E-state index contributed by atoms with van der Waals surface area (Å²) in [4.78, 5) is 24.0. The second-order valence-corrected chi connectivity index (χ2v) is 8.76. The molecule has 0 aliphatic carbocycles. The van der Waals surface area contributed by atoms with Crippen molar-refractivity contribution in [2.45, 2.75) is 44.8 Å². The van der Waals surface area contributed by atoms with Crippen LogP contribution in [-0.2, 0) is 16.0 Å². The number of fused-ring (bicyclic) bond motifs is 1. The molecule has 1 aliphatic rings. The van der Waals surface area contributed by atoms with E-state index in [4.69, 9.17) is 9.15 Å². The van der Waals surface area contributed by atoms with Crippen molar-refractivity contribution in [3.63, 3.8) is 0 Å². The number of hydrogen-bond acceptors (Lipinski definition) is 8. The van der Waals surface area contributed by atoms with Gasteiger partial charge in [0, 0.05) is 37.4 Å². The number of carbonyl (C=O) groups is 1. The zero-order valence-electron chi connectivity index (χ0n) is 19.1. The lowest BCUT2D eigenvalue weighted by atomic mass is 10.1. The van der Waals surface area contributed by atoms with Crippen LogP contribution in [0.15, 0.2) is 21.7 Å². The average molecular weight is 459 g/mol. The fourth-order valence-corrected chi connectivity index (χ4v) is 4.44. The molecule has 0 spiro atoms. The van der Waals surface area contributed by atoms with Crippen molar-refractivity contribution in [2.75, 3.05) is 39.1 Å². The molecule has 1 saturated heterocycles. The normalized spacial score (nSPS) is 15.9. The summed E-state index contributed by atoms with van der Waals surface area (Å²) in [5.74, 6) is 2.35. The molecule has 3 aromatic rings. The van der Waals surface area contributed by atoms with E-state index in [1.165, 1.54) is 11.8 Å². The lowest BCUT2D eigenvalue weighted by Gasteiger charge is -2.33. The first-order valence-electron chi connectivity index (χ1n) is 10.9. The third kappa shape index (κ3) is 4.97. The van der Waals surface area contributed by atoms with Crippen molar-refractivity contribution in [1.29, 1.82) is 0 Å². The number of ether oxygens (including phenoxy) is 1. The maximum atomic E-state index is 12.7. The van der Waals surface area contributed by atoms with E-state index in [9.17, 15) is 4.79 Å². The van der Waals surface area contributed by atoms with E-state index >= 15 is 0 Å². The minimum Gasteiger partial charge on any atom is -0.465 e. The van der Waals surface area contributed by atoms with Crippen LogP contribution in [0.25, 0.3) is 5.78 Å². The molecule has 0 aromatic carbocycles. The number of rotatable bonds is 8. The topological polar surface area (TPSA) is 97.8 Å². The van der Waals surface area contributed by atoms with Crippen LogP contribution in [0.4, 0.5) is 0 Å². The Bertz CT molecular complexity index is 1090. The molecule has 10 heteroatoms. The van der Waals surface area contributed by atoms with Gasteiger partial charge in [-0.15, -0.1) is 5.10 Å². The van der Waals surface area contributed by atoms with Crippen molar-refractivity contribution < 1.29 is 13.9 Å². The average Bonchev–Trinajstić information content (AvgIpc) is 3.40. The molecule has 4 rings (SSSR count). The summed E-state index contributed by atoms with van der Waals surface area (Å²) >= 11 is 1.49. The van der Waals surface area contributed by atoms with Gasteiger partial charge in [-0.1, -0.05) is 11.8 Å². The van der Waals surface area contributed by atoms with Crippen LogP contribution in [0.5, 0.6) is 0 Å². The number of aromatic nitrogens is 4. The molecular formula is C22H30N6O3S. The summed E-state index contributed by atoms with van der Waals surface area (Å²) in [5.41, 5.74) is 2.90. The van der Waals surface area contributed by atoms with E-state index in [0.29, 0.717) is 43.5 Å². The van der Waals surface area contributed by atoms with Crippen molar-refractivity contribution in [3.05, 3.63) is 40.6 Å². The molecule has 32 heavy (non-hydrogen) atoms. The minimum atomic E-state index is -0.00171. The maximum Gasteiger partial charge on any atom is 0.253 e. The number of carbonyl (C=O) groups excluding carboxylic acids is 1. The van der Waals surface area contributed by atoms with E-state index in [1.54, 1.807) is 4.52 Å². The molecule has 1 atom stereocenters. The van der Waals surface area contributed by atoms with E-state index < -0.39 is 0 Å². The Labute approximate surface area is 191 Å². The maximum absolute atomic E-state index is 12.7. The summed E-state index contributed by atoms with van der Waals surface area (Å²) in [6, 6.07) is 3.96. The highest BCUT2D eigenvalue weighted by atomic mass is 32.2. The Morgan fingerprint density at radius 2 is 2.00 bits per heavy atom. The quantitative estimate of drug-likeness (QED) is 0.514. The number of nitrogens with zero attached hydrogens (tertiary/aromatic N) is 5. The number of hydrogen-bond donors (Lipinski definition) is 1. The second-order valence-electron chi connectivity index (χ2n) is 7.99. The number of amides is 1. The van der Waals surface area contributed by atoms with Crippen molar-refractivity contribution >= 4 is 23.4 Å². The Kier molecular flexibility index (Phi) is 7.12. The van der Waals surface area contributed by atoms with E-state index in [1.807, 2.05) is 39.2 Å². The van der Waals surface area contributed by atoms with Crippen LogP contribution in [0, 0.1) is 20.8 Å². The Morgan fingerprint density at radius 3 is 2.69 bits per heavy atom. The number of thioether (sulfide) groups is 1. The monoisotopic (exact) mass is 458 g/mol. The molecule has 3 aromatic heterocycles. The molecule has 0 bridgehead atoms. The highest BCUT2D eigenvalue weighted by Gasteiger charge is 2.25. The van der Waals surface area contributed by atoms with Gasteiger partial charge in [-0.25, -0.2) is 9.50 Å². The fourth-order valence-electron chi connectivity index (χ4n) is 4.11. The van der Waals surface area contributed by atoms with Crippen LogP contribution in [-0.4, -0.2) is 69.5 Å². The van der Waals surface area contributed by atoms with E-state index in [2.05, 4.69) is 25.3 Å². The standard InChI is InChI=1S/C22H30N6O3S/c1-14-5-7-19(31-14)18(27-9-11-30-12-10-27)13-23-20(29)8-6-17-15(2)24-21-25-22(32-4)26-28(21)16(17)3/h5,7,18H,6,8-13H2,1-4H3,(H,23,29). The number of aryl methyl sites for hydroxylation is 3. The Balaban J connectivity index is 1.40. The van der Waals surface area contributed by atoms with Gasteiger partial charge >= 0.3 is 0 Å². The molecular weight excluding hydrogens is 428 g/mol. The lowest BCUT2D eigenvalue weighted by Crippen LogP contribution is -2.43. The van der Waals surface area contributed by atoms with Gasteiger partial charge in [-0.05, 0) is 51.1 Å². The van der Waals surface area contributed by atoms with Gasteiger partial charge in [0.05, 0.1) is 19.3 Å². The zero-order valence-corrected chi connectivity index (χ0v) is 19.9. The van der Waals surface area contributed by atoms with Gasteiger partial charge in [0.2, 0.25) is 11.1 Å². The number of morpholine rings is 1. The van der Waals surface area contributed by atoms with Crippen molar-refractivity contribution in [2.24, 2.45) is 0 Å². The van der Waals surface area contributed by atoms with E-state index in [-0.39, 0.29) is 11.9 Å². The summed E-state index contributed by atoms with van der Waals surface area (Å²) in [5, 5.41) is 8.29. The van der Waals surface area contributed by atoms with Gasteiger partial charge in [0.25, 0.3) is 5.78 Å². The number of nitrogens with one attached hydrogen (secondary N) is 1. The highest BCUT2D eigenvalue weighted by molar-refractivity contribution is 7.98. The second kappa shape index (κ2) is 10.0.